The maximum atomic E-state index is 9.27. The Morgan fingerprint density at radius 2 is 1.44 bits per heavy atom. The van der Waals surface area contributed by atoms with Crippen LogP contribution in [0.3, 0.4) is 0 Å². The second-order valence-corrected chi connectivity index (χ2v) is 6.76. The van der Waals surface area contributed by atoms with Crippen LogP contribution in [0.25, 0.3) is 0 Å². The van der Waals surface area contributed by atoms with E-state index in [1.165, 1.54) is 0 Å². The summed E-state index contributed by atoms with van der Waals surface area (Å²) in [6.45, 7) is 16.9. The van der Waals surface area contributed by atoms with Gasteiger partial charge in [-0.1, -0.05) is 13.8 Å². The highest BCUT2D eigenvalue weighted by Gasteiger charge is 2.28. The molecule has 1 saturated heterocycles. The van der Waals surface area contributed by atoms with Crippen LogP contribution >= 0.6 is 0 Å². The van der Waals surface area contributed by atoms with E-state index in [1.54, 1.807) is 0 Å². The van der Waals surface area contributed by atoms with Crippen LogP contribution in [0.4, 0.5) is 0 Å². The average molecular weight is 228 g/mol. The molecule has 0 aliphatic carbocycles. The van der Waals surface area contributed by atoms with Crippen LogP contribution in [0, 0.1) is 5.41 Å². The van der Waals surface area contributed by atoms with E-state index < -0.39 is 0 Å². The standard InChI is InChI=1S/C13H28N2O/c1-12(2,3)15-8-6-14(7-9-15)10-13(4,5)11-16/h16H,6-11H2,1-5H3. The summed E-state index contributed by atoms with van der Waals surface area (Å²) in [6, 6.07) is 0. The van der Waals surface area contributed by atoms with Crippen molar-refractivity contribution < 1.29 is 5.11 Å². The molecule has 0 aromatic carbocycles. The van der Waals surface area contributed by atoms with E-state index in [2.05, 4.69) is 44.4 Å². The molecule has 1 rings (SSSR count). The van der Waals surface area contributed by atoms with Crippen molar-refractivity contribution in [3.8, 4) is 0 Å². The van der Waals surface area contributed by atoms with Crippen LogP contribution in [0.1, 0.15) is 34.6 Å². The first kappa shape index (κ1) is 13.9. The van der Waals surface area contributed by atoms with E-state index >= 15 is 0 Å². The van der Waals surface area contributed by atoms with Crippen molar-refractivity contribution in [3.63, 3.8) is 0 Å². The Labute approximate surface area is 100 Å². The Morgan fingerprint density at radius 3 is 1.81 bits per heavy atom. The third kappa shape index (κ3) is 4.04. The number of piperazine rings is 1. The molecule has 0 spiro atoms. The van der Waals surface area contributed by atoms with Crippen LogP contribution in [-0.2, 0) is 0 Å². The summed E-state index contributed by atoms with van der Waals surface area (Å²) in [5.74, 6) is 0. The SMILES string of the molecule is CC(C)(CO)CN1CCN(C(C)(C)C)CC1. The Hall–Kier alpha value is -0.120. The van der Waals surface area contributed by atoms with E-state index in [9.17, 15) is 5.11 Å². The van der Waals surface area contributed by atoms with Gasteiger partial charge in [-0.25, -0.2) is 0 Å². The smallest absolute Gasteiger partial charge is 0.0494 e. The second-order valence-electron chi connectivity index (χ2n) is 6.76. The third-order valence-corrected chi connectivity index (χ3v) is 3.40. The van der Waals surface area contributed by atoms with Crippen molar-refractivity contribution >= 4 is 0 Å². The summed E-state index contributed by atoms with van der Waals surface area (Å²) in [5.41, 5.74) is 0.322. The molecule has 1 N–H and O–H groups in total. The highest BCUT2D eigenvalue weighted by atomic mass is 16.3. The van der Waals surface area contributed by atoms with Crippen molar-refractivity contribution in [1.82, 2.24) is 9.80 Å². The van der Waals surface area contributed by atoms with Crippen molar-refractivity contribution in [1.29, 1.82) is 0 Å². The Bertz CT molecular complexity index is 212. The predicted octanol–water partition coefficient (Wildman–Crippen LogP) is 1.42. The molecule has 0 unspecified atom stereocenters. The van der Waals surface area contributed by atoms with Gasteiger partial charge in [-0.15, -0.1) is 0 Å². The normalized spacial score (nSPS) is 21.4. The quantitative estimate of drug-likeness (QED) is 0.791. The molecular weight excluding hydrogens is 200 g/mol. The average Bonchev–Trinajstić information content (AvgIpc) is 2.16. The van der Waals surface area contributed by atoms with Gasteiger partial charge in [0.15, 0.2) is 0 Å². The van der Waals surface area contributed by atoms with Gasteiger partial charge in [-0.05, 0) is 20.8 Å². The van der Waals surface area contributed by atoms with Crippen LogP contribution in [-0.4, -0.2) is 59.8 Å². The molecule has 96 valence electrons. The minimum absolute atomic E-state index is 0.0316. The van der Waals surface area contributed by atoms with E-state index in [0.717, 1.165) is 32.7 Å². The summed E-state index contributed by atoms with van der Waals surface area (Å²) < 4.78 is 0. The monoisotopic (exact) mass is 228 g/mol. The molecular formula is C13H28N2O. The molecule has 0 bridgehead atoms. The molecule has 0 radical (unpaired) electrons. The van der Waals surface area contributed by atoms with E-state index in [1.807, 2.05) is 0 Å². The molecule has 1 fully saturated rings. The van der Waals surface area contributed by atoms with Gasteiger partial charge < -0.3 is 10.0 Å². The first-order valence-corrected chi connectivity index (χ1v) is 6.33. The van der Waals surface area contributed by atoms with Crippen molar-refractivity contribution in [2.75, 3.05) is 39.3 Å². The number of aliphatic hydroxyl groups excluding tert-OH is 1. The highest BCUT2D eigenvalue weighted by molar-refractivity contribution is 4.83. The molecule has 0 amide bonds. The maximum Gasteiger partial charge on any atom is 0.0494 e. The number of nitrogens with zero attached hydrogens (tertiary/aromatic N) is 2. The lowest BCUT2D eigenvalue weighted by atomic mass is 9.93. The zero-order valence-corrected chi connectivity index (χ0v) is 11.6. The summed E-state index contributed by atoms with van der Waals surface area (Å²) in [4.78, 5) is 5.01. The van der Waals surface area contributed by atoms with Gasteiger partial charge in [0, 0.05) is 50.3 Å². The fourth-order valence-corrected chi connectivity index (χ4v) is 2.23. The van der Waals surface area contributed by atoms with E-state index in [0.29, 0.717) is 5.54 Å². The minimum Gasteiger partial charge on any atom is -0.396 e. The zero-order valence-electron chi connectivity index (χ0n) is 11.6. The molecule has 1 aliphatic heterocycles. The van der Waals surface area contributed by atoms with Crippen LogP contribution in [0.5, 0.6) is 0 Å². The van der Waals surface area contributed by atoms with Crippen molar-refractivity contribution in [2.45, 2.75) is 40.2 Å². The largest absolute Gasteiger partial charge is 0.396 e. The van der Waals surface area contributed by atoms with E-state index in [4.69, 9.17) is 0 Å². The number of hydrogen-bond donors (Lipinski definition) is 1. The molecule has 3 nitrogen and oxygen atoms in total. The predicted molar refractivity (Wildman–Crippen MR) is 68.6 cm³/mol. The summed E-state index contributed by atoms with van der Waals surface area (Å²) in [6.07, 6.45) is 0. The summed E-state index contributed by atoms with van der Waals surface area (Å²) in [7, 11) is 0. The first-order chi connectivity index (χ1) is 7.24. The van der Waals surface area contributed by atoms with Gasteiger partial charge >= 0.3 is 0 Å². The van der Waals surface area contributed by atoms with E-state index in [-0.39, 0.29) is 12.0 Å². The minimum atomic E-state index is 0.0316. The molecule has 16 heavy (non-hydrogen) atoms. The number of aliphatic hydroxyl groups is 1. The highest BCUT2D eigenvalue weighted by Crippen LogP contribution is 2.20. The van der Waals surface area contributed by atoms with Gasteiger partial charge in [0.2, 0.25) is 0 Å². The molecule has 1 heterocycles. The lowest BCUT2D eigenvalue weighted by molar-refractivity contribution is 0.0325. The van der Waals surface area contributed by atoms with Gasteiger partial charge in [0.05, 0.1) is 0 Å². The fraction of sp³-hybridized carbons (Fsp3) is 1.00. The Morgan fingerprint density at radius 1 is 0.938 bits per heavy atom. The maximum absolute atomic E-state index is 9.27. The lowest BCUT2D eigenvalue weighted by Crippen LogP contribution is -2.54. The molecule has 0 saturated carbocycles. The van der Waals surface area contributed by atoms with Gasteiger partial charge in [-0.2, -0.15) is 0 Å². The first-order valence-electron chi connectivity index (χ1n) is 6.33. The van der Waals surface area contributed by atoms with Gasteiger partial charge in [0.1, 0.15) is 0 Å². The van der Waals surface area contributed by atoms with Crippen LogP contribution < -0.4 is 0 Å². The van der Waals surface area contributed by atoms with Crippen LogP contribution in [0.15, 0.2) is 0 Å². The molecule has 0 aromatic heterocycles. The Balaban J connectivity index is 2.38. The fourth-order valence-electron chi connectivity index (χ4n) is 2.23. The van der Waals surface area contributed by atoms with Crippen LogP contribution in [0.2, 0.25) is 0 Å². The third-order valence-electron chi connectivity index (χ3n) is 3.40. The molecule has 0 aromatic rings. The van der Waals surface area contributed by atoms with Crippen molar-refractivity contribution in [2.24, 2.45) is 5.41 Å². The zero-order chi connectivity index (χ0) is 12.4. The van der Waals surface area contributed by atoms with Crippen molar-refractivity contribution in [3.05, 3.63) is 0 Å². The van der Waals surface area contributed by atoms with Gasteiger partial charge in [0.25, 0.3) is 0 Å². The topological polar surface area (TPSA) is 26.7 Å². The molecule has 3 heteroatoms. The van der Waals surface area contributed by atoms with Gasteiger partial charge in [-0.3, -0.25) is 4.90 Å². The molecule has 1 aliphatic rings. The Kier molecular flexibility index (Phi) is 4.38. The number of hydrogen-bond acceptors (Lipinski definition) is 3. The lowest BCUT2D eigenvalue weighted by Gasteiger charge is -2.43. The summed E-state index contributed by atoms with van der Waals surface area (Å²) >= 11 is 0. The second kappa shape index (κ2) is 5.03. The molecule has 0 atom stereocenters. The summed E-state index contributed by atoms with van der Waals surface area (Å²) in [5, 5.41) is 9.27. The number of rotatable bonds is 3.